The van der Waals surface area contributed by atoms with E-state index in [-0.39, 0.29) is 5.97 Å². The van der Waals surface area contributed by atoms with E-state index < -0.39 is 5.54 Å². The number of methoxy groups -OCH3 is 1. The maximum Gasteiger partial charge on any atom is 0.326 e. The molecule has 0 aliphatic heterocycles. The van der Waals surface area contributed by atoms with Gasteiger partial charge in [-0.1, -0.05) is 11.8 Å². The number of esters is 1. The van der Waals surface area contributed by atoms with Gasteiger partial charge in [0.15, 0.2) is 5.16 Å². The van der Waals surface area contributed by atoms with Gasteiger partial charge in [-0.2, -0.15) is 5.10 Å². The molecule has 1 aliphatic rings. The predicted molar refractivity (Wildman–Crippen MR) is 72.9 cm³/mol. The number of hydrogen-bond acceptors (Lipinski definition) is 6. The average Bonchev–Trinajstić information content (AvgIpc) is 2.83. The van der Waals surface area contributed by atoms with Gasteiger partial charge < -0.3 is 10.1 Å². The molecule has 2 unspecified atom stereocenters. The Kier molecular flexibility index (Phi) is 4.46. The number of carbonyl (C=O) groups is 1. The van der Waals surface area contributed by atoms with Gasteiger partial charge in [0.25, 0.3) is 0 Å². The molecule has 1 N–H and O–H groups in total. The fraction of sp³-hybridized carbons (Fsp3) is 0.750. The molecule has 19 heavy (non-hydrogen) atoms. The quantitative estimate of drug-likeness (QED) is 0.831. The van der Waals surface area contributed by atoms with Crippen LogP contribution in [0.25, 0.3) is 0 Å². The molecule has 1 fully saturated rings. The maximum absolute atomic E-state index is 12.0. The summed E-state index contributed by atoms with van der Waals surface area (Å²) in [6.07, 6.45) is 5.22. The van der Waals surface area contributed by atoms with Gasteiger partial charge in [-0.3, -0.25) is 4.79 Å². The lowest BCUT2D eigenvalue weighted by atomic mass is 9.81. The number of ether oxygens (including phenoxy) is 1. The number of aryl methyl sites for hydroxylation is 1. The van der Waals surface area contributed by atoms with Gasteiger partial charge in [-0.15, -0.1) is 0 Å². The molecule has 0 radical (unpaired) electrons. The Balaban J connectivity index is 2.08. The molecule has 6 nitrogen and oxygen atoms in total. The summed E-state index contributed by atoms with van der Waals surface area (Å²) in [4.78, 5) is 16.2. The highest BCUT2D eigenvalue weighted by Crippen LogP contribution is 2.37. The molecular weight excluding hydrogens is 264 g/mol. The molecule has 0 bridgehead atoms. The lowest BCUT2D eigenvalue weighted by Crippen LogP contribution is -2.54. The van der Waals surface area contributed by atoms with E-state index in [2.05, 4.69) is 15.4 Å². The van der Waals surface area contributed by atoms with Crippen LogP contribution >= 0.6 is 11.8 Å². The van der Waals surface area contributed by atoms with E-state index in [9.17, 15) is 4.79 Å². The highest BCUT2D eigenvalue weighted by atomic mass is 32.2. The van der Waals surface area contributed by atoms with E-state index in [4.69, 9.17) is 4.74 Å². The smallest absolute Gasteiger partial charge is 0.326 e. The third-order valence-electron chi connectivity index (χ3n) is 3.70. The van der Waals surface area contributed by atoms with Gasteiger partial charge in [-0.05, 0) is 32.7 Å². The second-order valence-corrected chi connectivity index (χ2v) is 6.09. The average molecular weight is 284 g/mol. The van der Waals surface area contributed by atoms with Crippen LogP contribution in [0, 0.1) is 0 Å². The third kappa shape index (κ3) is 2.92. The van der Waals surface area contributed by atoms with Crippen LogP contribution in [-0.4, -0.2) is 45.7 Å². The summed E-state index contributed by atoms with van der Waals surface area (Å²) in [5, 5.41) is 8.47. The number of carbonyl (C=O) groups excluding carboxylic acids is 1. The first-order valence-electron chi connectivity index (χ1n) is 6.39. The second kappa shape index (κ2) is 5.92. The minimum absolute atomic E-state index is 0.168. The minimum Gasteiger partial charge on any atom is -0.468 e. The van der Waals surface area contributed by atoms with E-state index in [0.29, 0.717) is 5.25 Å². The topological polar surface area (TPSA) is 69.0 Å². The first-order valence-corrected chi connectivity index (χ1v) is 7.27. The van der Waals surface area contributed by atoms with E-state index >= 15 is 0 Å². The van der Waals surface area contributed by atoms with Gasteiger partial charge in [0, 0.05) is 12.3 Å². The van der Waals surface area contributed by atoms with Crippen LogP contribution in [0.15, 0.2) is 11.5 Å². The van der Waals surface area contributed by atoms with Crippen molar-refractivity contribution in [3.8, 4) is 0 Å². The second-order valence-electron chi connectivity index (χ2n) is 4.83. The molecule has 1 aromatic rings. The zero-order chi connectivity index (χ0) is 13.9. The number of aromatic nitrogens is 3. The standard InChI is InChI=1S/C12H20N4O2S/c1-13-12(10(17)18-3)6-4-5-9(7-12)19-11-14-8-15-16(11)2/h8-9,13H,4-7H2,1-3H3. The van der Waals surface area contributed by atoms with Gasteiger partial charge >= 0.3 is 5.97 Å². The Morgan fingerprint density at radius 3 is 3.05 bits per heavy atom. The summed E-state index contributed by atoms with van der Waals surface area (Å²) in [7, 11) is 5.15. The number of thioether (sulfide) groups is 1. The number of likely N-dealkylation sites (N-methyl/N-ethyl adjacent to an activating group) is 1. The van der Waals surface area contributed by atoms with Crippen molar-refractivity contribution in [3.63, 3.8) is 0 Å². The van der Waals surface area contributed by atoms with Crippen molar-refractivity contribution < 1.29 is 9.53 Å². The molecule has 106 valence electrons. The van der Waals surface area contributed by atoms with E-state index in [1.54, 1.807) is 22.8 Å². The van der Waals surface area contributed by atoms with Crippen LogP contribution in [-0.2, 0) is 16.6 Å². The van der Waals surface area contributed by atoms with Crippen LogP contribution < -0.4 is 5.32 Å². The van der Waals surface area contributed by atoms with E-state index in [1.165, 1.54) is 7.11 Å². The Bertz CT molecular complexity index is 451. The SMILES string of the molecule is CNC1(C(=O)OC)CCCC(Sc2ncnn2C)C1. The van der Waals surface area contributed by atoms with Crippen LogP contribution in [0.1, 0.15) is 25.7 Å². The monoisotopic (exact) mass is 284 g/mol. The zero-order valence-electron chi connectivity index (χ0n) is 11.5. The lowest BCUT2D eigenvalue weighted by molar-refractivity contribution is -0.149. The molecule has 1 saturated carbocycles. The Morgan fingerprint density at radius 2 is 2.47 bits per heavy atom. The van der Waals surface area contributed by atoms with Crippen LogP contribution in [0.5, 0.6) is 0 Å². The summed E-state index contributed by atoms with van der Waals surface area (Å²) in [5.74, 6) is -0.168. The van der Waals surface area contributed by atoms with Gasteiger partial charge in [0.2, 0.25) is 0 Å². The largest absolute Gasteiger partial charge is 0.468 e. The predicted octanol–water partition coefficient (Wildman–Crippen LogP) is 0.981. The minimum atomic E-state index is -0.552. The van der Waals surface area contributed by atoms with Crippen molar-refractivity contribution in [2.45, 2.75) is 41.6 Å². The first-order chi connectivity index (χ1) is 9.11. The highest BCUT2D eigenvalue weighted by Gasteiger charge is 2.43. The first kappa shape index (κ1) is 14.3. The van der Waals surface area contributed by atoms with E-state index in [1.807, 2.05) is 14.1 Å². The summed E-state index contributed by atoms with van der Waals surface area (Å²) in [6, 6.07) is 0. The van der Waals surface area contributed by atoms with Gasteiger partial charge in [-0.25, -0.2) is 9.67 Å². The zero-order valence-corrected chi connectivity index (χ0v) is 12.4. The fourth-order valence-corrected chi connectivity index (χ4v) is 3.83. The molecule has 2 atom stereocenters. The van der Waals surface area contributed by atoms with Crippen LogP contribution in [0.4, 0.5) is 0 Å². The van der Waals surface area contributed by atoms with E-state index in [0.717, 1.165) is 30.8 Å². The number of hydrogen-bond donors (Lipinski definition) is 1. The van der Waals surface area contributed by atoms with Crippen LogP contribution in [0.3, 0.4) is 0 Å². The molecule has 1 heterocycles. The van der Waals surface area contributed by atoms with Crippen molar-refractivity contribution in [2.24, 2.45) is 7.05 Å². The molecule has 7 heteroatoms. The molecular formula is C12H20N4O2S. The number of nitrogens with zero attached hydrogens (tertiary/aromatic N) is 3. The summed E-state index contributed by atoms with van der Waals surface area (Å²) >= 11 is 1.68. The highest BCUT2D eigenvalue weighted by molar-refractivity contribution is 7.99. The summed E-state index contributed by atoms with van der Waals surface area (Å²) < 4.78 is 6.71. The molecule has 1 aliphatic carbocycles. The van der Waals surface area contributed by atoms with Crippen molar-refractivity contribution in [1.29, 1.82) is 0 Å². The molecule has 0 aromatic carbocycles. The van der Waals surface area contributed by atoms with Gasteiger partial charge in [0.05, 0.1) is 7.11 Å². The molecule has 0 amide bonds. The van der Waals surface area contributed by atoms with Crippen LogP contribution in [0.2, 0.25) is 0 Å². The van der Waals surface area contributed by atoms with Crippen molar-refractivity contribution >= 4 is 17.7 Å². The third-order valence-corrected chi connectivity index (χ3v) is 5.02. The fourth-order valence-electron chi connectivity index (χ4n) is 2.58. The Morgan fingerprint density at radius 1 is 1.68 bits per heavy atom. The molecule has 1 aromatic heterocycles. The van der Waals surface area contributed by atoms with Crippen molar-refractivity contribution in [1.82, 2.24) is 20.1 Å². The molecule has 2 rings (SSSR count). The van der Waals surface area contributed by atoms with Crippen molar-refractivity contribution in [3.05, 3.63) is 6.33 Å². The van der Waals surface area contributed by atoms with Crippen molar-refractivity contribution in [2.75, 3.05) is 14.2 Å². The normalized spacial score (nSPS) is 27.2. The maximum atomic E-state index is 12.0. The Hall–Kier alpha value is -1.08. The number of nitrogens with one attached hydrogen (secondary N) is 1. The summed E-state index contributed by atoms with van der Waals surface area (Å²) in [5.41, 5.74) is -0.552. The molecule has 0 spiro atoms. The Labute approximate surface area is 117 Å². The van der Waals surface area contributed by atoms with Gasteiger partial charge in [0.1, 0.15) is 11.9 Å². The number of rotatable bonds is 4. The summed E-state index contributed by atoms with van der Waals surface area (Å²) in [6.45, 7) is 0. The molecule has 0 saturated heterocycles. The lowest BCUT2D eigenvalue weighted by Gasteiger charge is -2.37.